The Labute approximate surface area is 327 Å². The number of carbonyl (C=O) groups excluding carboxylic acids is 5. The lowest BCUT2D eigenvalue weighted by Gasteiger charge is -2.55. The molecule has 9 nitrogen and oxygen atoms in total. The summed E-state index contributed by atoms with van der Waals surface area (Å²) in [5, 5.41) is 0. The topological polar surface area (TPSA) is 116 Å². The first-order chi connectivity index (χ1) is 26.1. The molecule has 54 heavy (non-hydrogen) atoms. The van der Waals surface area contributed by atoms with Crippen LogP contribution < -0.4 is 9.47 Å². The number of imide groups is 1. The normalized spacial score (nSPS) is 22.5. The van der Waals surface area contributed by atoms with Crippen LogP contribution in [0.1, 0.15) is 48.5 Å². The molecule has 0 radical (unpaired) electrons. The molecule has 3 unspecified atom stereocenters. The first-order valence-corrected chi connectivity index (χ1v) is 18.8. The summed E-state index contributed by atoms with van der Waals surface area (Å²) in [5.41, 5.74) is 4.70. The van der Waals surface area contributed by atoms with Gasteiger partial charge in [-0.2, -0.15) is 0 Å². The maximum atomic E-state index is 14.8. The molecule has 0 saturated carbocycles. The predicted molar refractivity (Wildman–Crippen MR) is 205 cm³/mol. The van der Waals surface area contributed by atoms with Crippen molar-refractivity contribution in [1.82, 2.24) is 4.90 Å². The molecule has 5 aromatic carbocycles. The number of benzene rings is 5. The summed E-state index contributed by atoms with van der Waals surface area (Å²) in [7, 11) is 1.50. The monoisotopic (exact) mass is 847 g/mol. The zero-order valence-corrected chi connectivity index (χ0v) is 31.9. The first-order valence-electron chi connectivity index (χ1n) is 17.2. The molecule has 2 amide bonds. The summed E-state index contributed by atoms with van der Waals surface area (Å²) in [6.45, 7) is -0.641. The molecule has 0 N–H and O–H groups in total. The van der Waals surface area contributed by atoms with Crippen molar-refractivity contribution in [3.8, 4) is 11.5 Å². The summed E-state index contributed by atoms with van der Waals surface area (Å²) in [5.74, 6) is -4.05. The zero-order chi connectivity index (χ0) is 37.8. The van der Waals surface area contributed by atoms with Crippen LogP contribution in [0.3, 0.4) is 0 Å². The van der Waals surface area contributed by atoms with E-state index in [0.717, 1.165) is 27.2 Å². The van der Waals surface area contributed by atoms with Gasteiger partial charge in [0.15, 0.2) is 12.4 Å². The average Bonchev–Trinajstić information content (AvgIpc) is 3.48. The highest BCUT2D eigenvalue weighted by Gasteiger charge is 2.73. The van der Waals surface area contributed by atoms with E-state index in [1.54, 1.807) is 48.5 Å². The number of carbonyl (C=O) groups is 5. The van der Waals surface area contributed by atoms with Crippen LogP contribution in [0, 0.1) is 11.8 Å². The number of amides is 2. The van der Waals surface area contributed by atoms with Gasteiger partial charge in [-0.05, 0) is 70.3 Å². The Kier molecular flexibility index (Phi) is 9.10. The van der Waals surface area contributed by atoms with Crippen molar-refractivity contribution in [3.05, 3.63) is 166 Å². The molecule has 3 atom stereocenters. The largest absolute Gasteiger partial charge is 0.497 e. The lowest BCUT2D eigenvalue weighted by Crippen LogP contribution is -2.56. The quantitative estimate of drug-likeness (QED) is 0.0479. The minimum atomic E-state index is -1.35. The second kappa shape index (κ2) is 13.8. The number of rotatable bonds is 10. The highest BCUT2D eigenvalue weighted by Crippen LogP contribution is 2.70. The number of hydrogen-bond donors (Lipinski definition) is 0. The minimum Gasteiger partial charge on any atom is -0.497 e. The molecule has 270 valence electrons. The molecule has 1 saturated heterocycles. The van der Waals surface area contributed by atoms with Crippen LogP contribution in [0.2, 0.25) is 0 Å². The Morgan fingerprint density at radius 1 is 0.667 bits per heavy atom. The van der Waals surface area contributed by atoms with E-state index in [1.165, 1.54) is 31.4 Å². The van der Waals surface area contributed by atoms with Crippen LogP contribution in [0.4, 0.5) is 0 Å². The van der Waals surface area contributed by atoms with Crippen LogP contribution in [0.25, 0.3) is 0 Å². The lowest BCUT2D eigenvalue weighted by atomic mass is 9.54. The molecule has 1 fully saturated rings. The fraction of sp³-hybridized carbons (Fsp3) is 0.186. The Morgan fingerprint density at radius 3 is 1.74 bits per heavy atom. The van der Waals surface area contributed by atoms with E-state index >= 15 is 0 Å². The summed E-state index contributed by atoms with van der Waals surface area (Å²) >= 11 is 8.01. The van der Waals surface area contributed by atoms with Gasteiger partial charge in [0.25, 0.3) is 0 Å². The van der Waals surface area contributed by atoms with Crippen LogP contribution in [0.15, 0.2) is 127 Å². The number of hydrogen-bond acceptors (Lipinski definition) is 8. The third-order valence-electron chi connectivity index (χ3n) is 10.5. The molecule has 0 spiro atoms. The molecule has 0 aromatic heterocycles. The summed E-state index contributed by atoms with van der Waals surface area (Å²) in [4.78, 5) is 70.6. The summed E-state index contributed by atoms with van der Waals surface area (Å²) in [6.07, 6.45) is -0.0113. The van der Waals surface area contributed by atoms with Gasteiger partial charge in [-0.3, -0.25) is 19.3 Å². The smallest absolute Gasteiger partial charge is 0.343 e. The highest BCUT2D eigenvalue weighted by atomic mass is 79.9. The van der Waals surface area contributed by atoms with Crippen molar-refractivity contribution in [3.63, 3.8) is 0 Å². The Morgan fingerprint density at radius 2 is 1.20 bits per heavy atom. The number of alkyl halides is 2. The molecule has 9 rings (SSSR count). The molecule has 11 heteroatoms. The van der Waals surface area contributed by atoms with Crippen LogP contribution in [0.5, 0.6) is 11.5 Å². The number of nitrogens with zero attached hydrogens (tertiary/aromatic N) is 1. The molecule has 2 bridgehead atoms. The summed E-state index contributed by atoms with van der Waals surface area (Å²) < 4.78 is 14.2. The van der Waals surface area contributed by atoms with Gasteiger partial charge in [0.05, 0.1) is 33.2 Å². The molecule has 4 aliphatic rings. The molecule has 5 aromatic rings. The number of likely N-dealkylation sites (tertiary alicyclic amines) is 1. The van der Waals surface area contributed by atoms with Gasteiger partial charge in [-0.1, -0.05) is 117 Å². The second-order valence-electron chi connectivity index (χ2n) is 13.4. The maximum Gasteiger partial charge on any atom is 0.343 e. The van der Waals surface area contributed by atoms with Gasteiger partial charge in [0.2, 0.25) is 11.8 Å². The molecule has 3 aliphatic carbocycles. The van der Waals surface area contributed by atoms with Crippen molar-refractivity contribution in [2.75, 3.05) is 13.7 Å². The van der Waals surface area contributed by atoms with Gasteiger partial charge in [-0.25, -0.2) is 9.59 Å². The second-order valence-corrected chi connectivity index (χ2v) is 15.9. The molecule has 1 aliphatic heterocycles. The average molecular weight is 850 g/mol. The van der Waals surface area contributed by atoms with E-state index < -0.39 is 62.7 Å². The van der Waals surface area contributed by atoms with E-state index in [4.69, 9.17) is 14.2 Å². The minimum absolute atomic E-state index is 0.0113. The SMILES string of the molecule is COc1cccc(C(=O)Oc2ccc(C(=O)COC(=O)C(Cc3ccccc3)N3C(=O)C4C(C3=O)C3(Br)c5ccccc5C4(Br)c4ccccc43)cc2)c1. The third kappa shape index (κ3) is 5.60. The number of Topliss-reactive ketones (excluding diaryl/α,β-unsaturated/α-hetero) is 1. The van der Waals surface area contributed by atoms with E-state index in [2.05, 4.69) is 31.9 Å². The van der Waals surface area contributed by atoms with Crippen molar-refractivity contribution in [1.29, 1.82) is 0 Å². The maximum absolute atomic E-state index is 14.8. The van der Waals surface area contributed by atoms with E-state index in [-0.39, 0.29) is 17.7 Å². The van der Waals surface area contributed by atoms with Gasteiger partial charge in [0, 0.05) is 12.0 Å². The molecule has 1 heterocycles. The summed E-state index contributed by atoms with van der Waals surface area (Å²) in [6, 6.07) is 35.6. The number of methoxy groups -OCH3 is 1. The van der Waals surface area contributed by atoms with E-state index in [1.807, 2.05) is 54.6 Å². The number of halogens is 2. The Bertz CT molecular complexity index is 2220. The van der Waals surface area contributed by atoms with Crippen molar-refractivity contribution in [2.24, 2.45) is 11.8 Å². The van der Waals surface area contributed by atoms with E-state index in [0.29, 0.717) is 16.9 Å². The fourth-order valence-corrected chi connectivity index (χ4v) is 10.4. The van der Waals surface area contributed by atoms with Crippen LogP contribution in [-0.4, -0.2) is 54.2 Å². The van der Waals surface area contributed by atoms with Crippen LogP contribution >= 0.6 is 31.9 Å². The standard InChI is InChI=1S/C43H31Br2NO8/c1-52-29-13-9-12-27(23-29)40(50)54-28-20-18-26(19-21-28)35(47)24-53-41(51)34(22-25-10-3-2-4-11-25)46-38(48)36-37(39(46)49)43(45)31-15-6-5-14-30(31)42(36,44)32-16-7-8-17-33(32)43/h2-21,23,34,36-37H,22,24H2,1H3. The van der Waals surface area contributed by atoms with Crippen molar-refractivity contribution >= 4 is 61.4 Å². The fourth-order valence-electron chi connectivity index (χ4n) is 8.05. The number of ether oxygens (including phenoxy) is 3. The van der Waals surface area contributed by atoms with E-state index in [9.17, 15) is 24.0 Å². The third-order valence-corrected chi connectivity index (χ3v) is 13.2. The Hall–Kier alpha value is -5.39. The van der Waals surface area contributed by atoms with Gasteiger partial charge < -0.3 is 14.2 Å². The lowest BCUT2D eigenvalue weighted by molar-refractivity contribution is -0.158. The molecular formula is C43H31Br2NO8. The predicted octanol–water partition coefficient (Wildman–Crippen LogP) is 7.16. The van der Waals surface area contributed by atoms with Gasteiger partial charge in [-0.15, -0.1) is 0 Å². The van der Waals surface area contributed by atoms with Crippen molar-refractivity contribution in [2.45, 2.75) is 21.1 Å². The Balaban J connectivity index is 1.05. The van der Waals surface area contributed by atoms with Gasteiger partial charge in [0.1, 0.15) is 17.5 Å². The van der Waals surface area contributed by atoms with Crippen LogP contribution in [-0.2, 0) is 34.2 Å². The zero-order valence-electron chi connectivity index (χ0n) is 28.7. The molecular weight excluding hydrogens is 818 g/mol. The number of esters is 2. The number of ketones is 1. The van der Waals surface area contributed by atoms with Gasteiger partial charge >= 0.3 is 11.9 Å². The van der Waals surface area contributed by atoms with Crippen molar-refractivity contribution < 1.29 is 38.2 Å². The first kappa shape index (κ1) is 35.6. The highest BCUT2D eigenvalue weighted by molar-refractivity contribution is 9.10.